The lowest BCUT2D eigenvalue weighted by Gasteiger charge is -2.28. The van der Waals surface area contributed by atoms with Gasteiger partial charge in [-0.2, -0.15) is 10.1 Å². The lowest BCUT2D eigenvalue weighted by molar-refractivity contribution is 0.0933. The van der Waals surface area contributed by atoms with E-state index in [0.29, 0.717) is 30.4 Å². The lowest BCUT2D eigenvalue weighted by atomic mass is 10.2. The fourth-order valence-corrected chi connectivity index (χ4v) is 4.38. The average molecular weight is 448 g/mol. The zero-order valence-corrected chi connectivity index (χ0v) is 18.8. The van der Waals surface area contributed by atoms with Crippen molar-refractivity contribution in [3.63, 3.8) is 0 Å². The van der Waals surface area contributed by atoms with Crippen molar-refractivity contribution in [3.05, 3.63) is 53.3 Å². The number of fused-ring (bicyclic) bond motifs is 1. The molecule has 172 valence electrons. The second kappa shape index (κ2) is 9.58. The molecule has 1 saturated heterocycles. The van der Waals surface area contributed by atoms with Gasteiger partial charge in [0.25, 0.3) is 5.91 Å². The number of amides is 1. The van der Waals surface area contributed by atoms with E-state index in [0.717, 1.165) is 37.4 Å². The third kappa shape index (κ3) is 4.98. The number of hydrogen-bond acceptors (Lipinski definition) is 7. The van der Waals surface area contributed by atoms with Gasteiger partial charge in [-0.3, -0.25) is 14.6 Å². The Morgan fingerprint density at radius 1 is 1.18 bits per heavy atom. The van der Waals surface area contributed by atoms with Gasteiger partial charge in [-0.05, 0) is 25.3 Å². The van der Waals surface area contributed by atoms with Crippen LogP contribution in [0.15, 0.2) is 41.6 Å². The number of anilines is 2. The van der Waals surface area contributed by atoms with Crippen LogP contribution in [0, 0.1) is 6.92 Å². The first-order valence-corrected chi connectivity index (χ1v) is 11.6. The number of aryl methyl sites for hydroxylation is 1. The molecule has 9 heteroatoms. The fraction of sp³-hybridized carbons (Fsp3) is 0.417. The van der Waals surface area contributed by atoms with Gasteiger partial charge >= 0.3 is 0 Å². The zero-order chi connectivity index (χ0) is 22.6. The Balaban J connectivity index is 1.43. The Hall–Kier alpha value is -3.46. The molecule has 3 heterocycles. The second-order valence-corrected chi connectivity index (χ2v) is 8.63. The van der Waals surface area contributed by atoms with Crippen molar-refractivity contribution in [1.29, 1.82) is 0 Å². The monoisotopic (exact) mass is 447 g/mol. The van der Waals surface area contributed by atoms with Crippen LogP contribution >= 0.6 is 0 Å². The number of carbonyl (C=O) groups is 1. The summed E-state index contributed by atoms with van der Waals surface area (Å²) >= 11 is 0. The largest absolute Gasteiger partial charge is 0.378 e. The van der Waals surface area contributed by atoms with Crippen LogP contribution in [0.3, 0.4) is 0 Å². The highest BCUT2D eigenvalue weighted by molar-refractivity contribution is 5.93. The second-order valence-electron chi connectivity index (χ2n) is 8.63. The normalized spacial score (nSPS) is 17.2. The predicted molar refractivity (Wildman–Crippen MR) is 128 cm³/mol. The van der Waals surface area contributed by atoms with Crippen molar-refractivity contribution in [3.8, 4) is 0 Å². The molecule has 0 bridgehead atoms. The minimum Gasteiger partial charge on any atom is -0.378 e. The number of hydrazone groups is 1. The zero-order valence-electron chi connectivity index (χ0n) is 18.8. The van der Waals surface area contributed by atoms with Crippen molar-refractivity contribution in [1.82, 2.24) is 19.7 Å². The Labute approximate surface area is 192 Å². The fourth-order valence-electron chi connectivity index (χ4n) is 4.38. The maximum absolute atomic E-state index is 12.8. The van der Waals surface area contributed by atoms with E-state index in [1.54, 1.807) is 12.4 Å². The first kappa shape index (κ1) is 21.4. The van der Waals surface area contributed by atoms with Gasteiger partial charge in [-0.15, -0.1) is 0 Å². The van der Waals surface area contributed by atoms with Crippen LogP contribution in [0.4, 0.5) is 11.8 Å². The number of rotatable bonds is 6. The number of nitrogens with zero attached hydrogens (tertiary/aromatic N) is 5. The minimum atomic E-state index is -0.134. The molecular formula is C24H29N7O2. The summed E-state index contributed by atoms with van der Waals surface area (Å²) in [6.07, 6.45) is 7.94. The van der Waals surface area contributed by atoms with Crippen molar-refractivity contribution < 1.29 is 9.53 Å². The summed E-state index contributed by atoms with van der Waals surface area (Å²) in [4.78, 5) is 24.4. The van der Waals surface area contributed by atoms with Crippen LogP contribution in [-0.2, 0) is 4.74 Å². The Kier molecular flexibility index (Phi) is 6.21. The van der Waals surface area contributed by atoms with E-state index < -0.39 is 0 Å². The number of carbonyl (C=O) groups excluding carboxylic acids is 1. The summed E-state index contributed by atoms with van der Waals surface area (Å²) in [5, 5.41) is 7.48. The van der Waals surface area contributed by atoms with Crippen LogP contribution in [0.5, 0.6) is 0 Å². The summed E-state index contributed by atoms with van der Waals surface area (Å²) in [5.41, 5.74) is 6.26. The molecule has 2 aliphatic rings. The van der Waals surface area contributed by atoms with Gasteiger partial charge in [0.1, 0.15) is 11.3 Å². The first-order valence-electron chi connectivity index (χ1n) is 11.6. The number of benzene rings is 1. The number of ether oxygens (including phenoxy) is 1. The van der Waals surface area contributed by atoms with Gasteiger partial charge < -0.3 is 15.0 Å². The van der Waals surface area contributed by atoms with Crippen LogP contribution in [-0.4, -0.2) is 58.8 Å². The molecule has 0 unspecified atom stereocenters. The van der Waals surface area contributed by atoms with Crippen LogP contribution in [0.25, 0.3) is 5.65 Å². The van der Waals surface area contributed by atoms with Crippen molar-refractivity contribution in [2.45, 2.75) is 38.6 Å². The number of morpholine rings is 1. The third-order valence-corrected chi connectivity index (χ3v) is 6.09. The molecule has 0 radical (unpaired) electrons. The van der Waals surface area contributed by atoms with Crippen molar-refractivity contribution in [2.24, 2.45) is 5.10 Å². The molecule has 3 aromatic rings. The molecule has 1 aliphatic heterocycles. The molecule has 2 N–H and O–H groups in total. The molecule has 0 atom stereocenters. The van der Waals surface area contributed by atoms with Crippen molar-refractivity contribution >= 4 is 29.5 Å². The Morgan fingerprint density at radius 2 is 2.00 bits per heavy atom. The van der Waals surface area contributed by atoms with Crippen LogP contribution < -0.4 is 15.6 Å². The molecule has 5 rings (SSSR count). The van der Waals surface area contributed by atoms with E-state index in [2.05, 4.69) is 31.8 Å². The van der Waals surface area contributed by atoms with E-state index in [1.165, 1.54) is 18.4 Å². The van der Waals surface area contributed by atoms with Gasteiger partial charge in [0.15, 0.2) is 5.82 Å². The number of nitrogens with one attached hydrogen (secondary N) is 2. The Morgan fingerprint density at radius 3 is 2.79 bits per heavy atom. The number of hydrogen-bond donors (Lipinski definition) is 2. The Bertz CT molecular complexity index is 1160. The molecule has 0 spiro atoms. The highest BCUT2D eigenvalue weighted by Crippen LogP contribution is 2.22. The third-order valence-electron chi connectivity index (χ3n) is 6.09. The molecule has 1 amide bonds. The van der Waals surface area contributed by atoms with E-state index in [1.807, 2.05) is 35.6 Å². The highest BCUT2D eigenvalue weighted by atomic mass is 16.5. The molecule has 9 nitrogen and oxygen atoms in total. The quantitative estimate of drug-likeness (QED) is 0.446. The minimum absolute atomic E-state index is 0.134. The van der Waals surface area contributed by atoms with E-state index in [9.17, 15) is 4.79 Å². The molecule has 2 aromatic heterocycles. The van der Waals surface area contributed by atoms with Crippen LogP contribution in [0.1, 0.15) is 47.3 Å². The topological polar surface area (TPSA) is 96.1 Å². The molecule has 33 heavy (non-hydrogen) atoms. The average Bonchev–Trinajstić information content (AvgIpc) is 3.49. The summed E-state index contributed by atoms with van der Waals surface area (Å²) in [6.45, 7) is 4.76. The van der Waals surface area contributed by atoms with Gasteiger partial charge in [0.2, 0.25) is 5.95 Å². The smallest absolute Gasteiger partial charge is 0.271 e. The molecule has 1 aromatic carbocycles. The van der Waals surface area contributed by atoms with Crippen LogP contribution in [0.2, 0.25) is 0 Å². The summed E-state index contributed by atoms with van der Waals surface area (Å²) in [5.74, 6) is 1.16. The molecule has 2 fully saturated rings. The van der Waals surface area contributed by atoms with Crippen molar-refractivity contribution in [2.75, 3.05) is 36.6 Å². The van der Waals surface area contributed by atoms with Gasteiger partial charge in [0, 0.05) is 31.4 Å². The molecule has 1 aliphatic carbocycles. The number of aromatic nitrogens is 3. The standard InChI is InChI=1S/C24H29N7O2/c1-17-5-4-6-18(13-17)15-25-29-21-14-22-27-20(23(32)26-19-7-2-3-8-19)16-31(22)24(28-21)30-9-11-33-12-10-30/h4-6,13-16,19,29H,2-3,7-12H2,1H3,(H,26,32)/b25-15+. The van der Waals surface area contributed by atoms with Gasteiger partial charge in [-0.1, -0.05) is 42.7 Å². The predicted octanol–water partition coefficient (Wildman–Crippen LogP) is 2.99. The number of imidazole rings is 1. The maximum atomic E-state index is 12.8. The first-order chi connectivity index (χ1) is 16.2. The van der Waals surface area contributed by atoms with E-state index in [-0.39, 0.29) is 11.9 Å². The summed E-state index contributed by atoms with van der Waals surface area (Å²) in [7, 11) is 0. The summed E-state index contributed by atoms with van der Waals surface area (Å²) < 4.78 is 7.39. The molecular weight excluding hydrogens is 418 g/mol. The lowest BCUT2D eigenvalue weighted by Crippen LogP contribution is -2.38. The maximum Gasteiger partial charge on any atom is 0.271 e. The van der Waals surface area contributed by atoms with Gasteiger partial charge in [0.05, 0.1) is 19.4 Å². The molecule has 1 saturated carbocycles. The van der Waals surface area contributed by atoms with E-state index in [4.69, 9.17) is 9.72 Å². The SMILES string of the molecule is Cc1cccc(/C=N/Nc2cc3nc(C(=O)NC4CCCC4)cn3c(N3CCOCC3)n2)c1. The van der Waals surface area contributed by atoms with E-state index >= 15 is 0 Å². The highest BCUT2D eigenvalue weighted by Gasteiger charge is 2.22. The summed E-state index contributed by atoms with van der Waals surface area (Å²) in [6, 6.07) is 10.2. The van der Waals surface area contributed by atoms with Gasteiger partial charge in [-0.25, -0.2) is 4.98 Å².